The number of hydrogen-bond acceptors (Lipinski definition) is 5. The molecule has 2 heterocycles. The molecule has 0 spiro atoms. The Balaban J connectivity index is 1.42. The number of rotatable bonds is 7. The third-order valence-corrected chi connectivity index (χ3v) is 8.52. The van der Waals surface area contributed by atoms with Crippen LogP contribution in [0.5, 0.6) is 5.75 Å². The van der Waals surface area contributed by atoms with E-state index in [-0.39, 0.29) is 5.91 Å². The van der Waals surface area contributed by atoms with E-state index < -0.39 is 10.0 Å². The van der Waals surface area contributed by atoms with Gasteiger partial charge < -0.3 is 9.64 Å². The van der Waals surface area contributed by atoms with Crippen LogP contribution >= 0.6 is 27.3 Å². The number of nitrogens with zero attached hydrogens (tertiary/aromatic N) is 2. The Hall–Kier alpha value is -1.42. The van der Waals surface area contributed by atoms with Gasteiger partial charge in [0, 0.05) is 32.6 Å². The van der Waals surface area contributed by atoms with Gasteiger partial charge in [0.2, 0.25) is 5.91 Å². The topological polar surface area (TPSA) is 66.9 Å². The molecular formula is C19H23BrN2O4S2. The van der Waals surface area contributed by atoms with Crippen LogP contribution in [0.25, 0.3) is 0 Å². The summed E-state index contributed by atoms with van der Waals surface area (Å²) in [6.07, 6.45) is 1.03. The number of piperazine rings is 1. The summed E-state index contributed by atoms with van der Waals surface area (Å²) in [4.78, 5) is 14.1. The van der Waals surface area contributed by atoms with Crippen LogP contribution < -0.4 is 4.74 Å². The summed E-state index contributed by atoms with van der Waals surface area (Å²) in [6, 6.07) is 11.2. The van der Waals surface area contributed by atoms with Gasteiger partial charge in [0.25, 0.3) is 10.0 Å². The molecule has 0 atom stereocenters. The summed E-state index contributed by atoms with van der Waals surface area (Å²) in [7, 11) is -3.48. The first-order valence-electron chi connectivity index (χ1n) is 9.09. The molecule has 0 aliphatic carbocycles. The van der Waals surface area contributed by atoms with Crippen LogP contribution in [0.3, 0.4) is 0 Å². The second-order valence-corrected chi connectivity index (χ2v) is 11.2. The highest BCUT2D eigenvalue weighted by molar-refractivity contribution is 9.11. The third kappa shape index (κ3) is 5.34. The minimum Gasteiger partial charge on any atom is -0.494 e. The molecule has 1 amide bonds. The monoisotopic (exact) mass is 486 g/mol. The maximum Gasteiger partial charge on any atom is 0.252 e. The minimum atomic E-state index is -3.48. The lowest BCUT2D eigenvalue weighted by molar-refractivity contribution is -0.132. The second kappa shape index (κ2) is 9.39. The number of carbonyl (C=O) groups is 1. The van der Waals surface area contributed by atoms with Crippen LogP contribution in [-0.4, -0.2) is 56.3 Å². The van der Waals surface area contributed by atoms with Crippen LogP contribution in [0.4, 0.5) is 0 Å². The first-order chi connectivity index (χ1) is 13.4. The molecule has 9 heteroatoms. The van der Waals surface area contributed by atoms with Gasteiger partial charge in [-0.1, -0.05) is 12.1 Å². The predicted octanol–water partition coefficient (Wildman–Crippen LogP) is 3.51. The predicted molar refractivity (Wildman–Crippen MR) is 113 cm³/mol. The summed E-state index contributed by atoms with van der Waals surface area (Å²) in [5, 5.41) is 0. The smallest absolute Gasteiger partial charge is 0.252 e. The van der Waals surface area contributed by atoms with E-state index in [2.05, 4.69) is 15.9 Å². The molecule has 1 aliphatic rings. The van der Waals surface area contributed by atoms with Crippen molar-refractivity contribution >= 4 is 43.2 Å². The maximum atomic E-state index is 12.6. The lowest BCUT2D eigenvalue weighted by Gasteiger charge is -2.33. The molecule has 6 nitrogen and oxygen atoms in total. The van der Waals surface area contributed by atoms with Crippen LogP contribution in [0.15, 0.2) is 44.4 Å². The molecule has 0 N–H and O–H groups in total. The number of halogens is 1. The fourth-order valence-electron chi connectivity index (χ4n) is 3.02. The standard InChI is InChI=1S/C19H23BrN2O4S2/c1-15-4-2-5-16(14-15)26-13-3-6-18(23)21-9-11-22(12-10-21)28(24,25)19-8-7-17(20)27-19/h2,4-5,7-8,14H,3,6,9-13H2,1H3. The molecule has 3 rings (SSSR count). The van der Waals surface area contributed by atoms with Gasteiger partial charge in [-0.3, -0.25) is 4.79 Å². The van der Waals surface area contributed by atoms with Crippen molar-refractivity contribution in [2.24, 2.45) is 0 Å². The molecule has 0 bridgehead atoms. The molecule has 2 aromatic rings. The van der Waals surface area contributed by atoms with Crippen molar-refractivity contribution in [1.29, 1.82) is 0 Å². The lowest BCUT2D eigenvalue weighted by Crippen LogP contribution is -2.50. The maximum absolute atomic E-state index is 12.6. The van der Waals surface area contributed by atoms with Crippen LogP contribution in [0.1, 0.15) is 18.4 Å². The van der Waals surface area contributed by atoms with Gasteiger partial charge in [-0.25, -0.2) is 8.42 Å². The summed E-state index contributed by atoms with van der Waals surface area (Å²) < 4.78 is 33.5. The number of amides is 1. The molecule has 0 radical (unpaired) electrons. The van der Waals surface area contributed by atoms with Gasteiger partial charge in [-0.15, -0.1) is 11.3 Å². The van der Waals surface area contributed by atoms with Crippen LogP contribution in [-0.2, 0) is 14.8 Å². The molecule has 1 aromatic carbocycles. The SMILES string of the molecule is Cc1cccc(OCCCC(=O)N2CCN(S(=O)(=O)c3ccc(Br)s3)CC2)c1. The number of ether oxygens (including phenoxy) is 1. The molecule has 1 saturated heterocycles. The second-order valence-electron chi connectivity index (χ2n) is 6.61. The third-order valence-electron chi connectivity index (χ3n) is 4.53. The quantitative estimate of drug-likeness (QED) is 0.561. The van der Waals surface area contributed by atoms with E-state index in [1.54, 1.807) is 17.0 Å². The van der Waals surface area contributed by atoms with Crippen LogP contribution in [0, 0.1) is 6.92 Å². The van der Waals surface area contributed by atoms with Crippen molar-refractivity contribution in [3.63, 3.8) is 0 Å². The zero-order valence-corrected chi connectivity index (χ0v) is 18.9. The van der Waals surface area contributed by atoms with E-state index in [1.807, 2.05) is 31.2 Å². The van der Waals surface area contributed by atoms with Crippen molar-refractivity contribution in [2.45, 2.75) is 24.0 Å². The summed E-state index contributed by atoms with van der Waals surface area (Å²) in [6.45, 7) is 3.98. The van der Waals surface area contributed by atoms with E-state index in [1.165, 1.54) is 15.6 Å². The van der Waals surface area contributed by atoms with Crippen molar-refractivity contribution < 1.29 is 17.9 Å². The van der Waals surface area contributed by atoms with Gasteiger partial charge in [0.05, 0.1) is 10.4 Å². The largest absolute Gasteiger partial charge is 0.494 e. The van der Waals surface area contributed by atoms with Crippen molar-refractivity contribution in [3.8, 4) is 5.75 Å². The average Bonchev–Trinajstić information content (AvgIpc) is 3.12. The van der Waals surface area contributed by atoms with Crippen molar-refractivity contribution in [1.82, 2.24) is 9.21 Å². The Morgan fingerprint density at radius 2 is 1.93 bits per heavy atom. The number of sulfonamides is 1. The number of thiophene rings is 1. The first kappa shape index (κ1) is 21.3. The Labute approximate surface area is 178 Å². The molecule has 152 valence electrons. The fraction of sp³-hybridized carbons (Fsp3) is 0.421. The fourth-order valence-corrected chi connectivity index (χ4v) is 6.60. The zero-order valence-electron chi connectivity index (χ0n) is 15.6. The molecule has 1 aromatic heterocycles. The van der Waals surface area contributed by atoms with E-state index in [0.29, 0.717) is 49.8 Å². The Morgan fingerprint density at radius 1 is 1.18 bits per heavy atom. The lowest BCUT2D eigenvalue weighted by atomic mass is 10.2. The summed E-state index contributed by atoms with van der Waals surface area (Å²) >= 11 is 4.50. The first-order valence-corrected chi connectivity index (χ1v) is 12.1. The van der Waals surface area contributed by atoms with E-state index in [9.17, 15) is 13.2 Å². The highest BCUT2D eigenvalue weighted by Crippen LogP contribution is 2.29. The van der Waals surface area contributed by atoms with E-state index in [4.69, 9.17) is 4.74 Å². The minimum absolute atomic E-state index is 0.0451. The average molecular weight is 487 g/mol. The van der Waals surface area contributed by atoms with Crippen molar-refractivity contribution in [2.75, 3.05) is 32.8 Å². The van der Waals surface area contributed by atoms with E-state index in [0.717, 1.165) is 15.1 Å². The van der Waals surface area contributed by atoms with Gasteiger partial charge in [-0.2, -0.15) is 4.31 Å². The Bertz CT molecular complexity index is 922. The number of hydrogen-bond donors (Lipinski definition) is 0. The molecule has 1 aliphatic heterocycles. The van der Waals surface area contributed by atoms with Crippen LogP contribution in [0.2, 0.25) is 0 Å². The zero-order chi connectivity index (χ0) is 20.1. The van der Waals surface area contributed by atoms with Crippen molar-refractivity contribution in [3.05, 3.63) is 45.7 Å². The normalized spacial score (nSPS) is 15.6. The summed E-state index contributed by atoms with van der Waals surface area (Å²) in [5.41, 5.74) is 1.14. The number of aryl methyl sites for hydroxylation is 1. The molecule has 0 unspecified atom stereocenters. The Kier molecular flexibility index (Phi) is 7.14. The number of benzene rings is 1. The van der Waals surface area contributed by atoms with Gasteiger partial charge in [0.1, 0.15) is 9.96 Å². The van der Waals surface area contributed by atoms with Gasteiger partial charge in [-0.05, 0) is 59.1 Å². The van der Waals surface area contributed by atoms with Gasteiger partial charge in [0.15, 0.2) is 0 Å². The van der Waals surface area contributed by atoms with E-state index >= 15 is 0 Å². The van der Waals surface area contributed by atoms with Gasteiger partial charge >= 0.3 is 0 Å². The molecule has 1 fully saturated rings. The molecule has 28 heavy (non-hydrogen) atoms. The number of carbonyl (C=O) groups excluding carboxylic acids is 1. The summed E-state index contributed by atoms with van der Waals surface area (Å²) in [5.74, 6) is 0.857. The Morgan fingerprint density at radius 3 is 2.57 bits per heavy atom. The molecule has 0 saturated carbocycles. The highest BCUT2D eigenvalue weighted by atomic mass is 79.9. The highest BCUT2D eigenvalue weighted by Gasteiger charge is 2.30. The molecular weight excluding hydrogens is 464 g/mol.